The van der Waals surface area contributed by atoms with Gasteiger partial charge >= 0.3 is 0 Å². The molecule has 0 aromatic heterocycles. The Bertz CT molecular complexity index is 879. The maximum absolute atomic E-state index is 10.2. The van der Waals surface area contributed by atoms with E-state index in [9.17, 15) is 5.11 Å². The SMILES string of the molecule is COc1ccc2c3c1O[C@H]1C[C@@H](O)C=C[C@@]31CCN(Cc1ccccc1)C2. The van der Waals surface area contributed by atoms with E-state index in [-0.39, 0.29) is 11.5 Å². The fourth-order valence-corrected chi connectivity index (χ4v) is 4.97. The Morgan fingerprint density at radius 3 is 2.89 bits per heavy atom. The Hall–Kier alpha value is -2.30. The summed E-state index contributed by atoms with van der Waals surface area (Å²) in [6.45, 7) is 2.83. The number of rotatable bonds is 3. The second-order valence-electron chi connectivity index (χ2n) is 7.89. The maximum atomic E-state index is 10.2. The van der Waals surface area contributed by atoms with Crippen LogP contribution in [0.2, 0.25) is 0 Å². The molecule has 140 valence electrons. The highest BCUT2D eigenvalue weighted by atomic mass is 16.5. The highest BCUT2D eigenvalue weighted by Gasteiger charge is 2.52. The first kappa shape index (κ1) is 16.8. The van der Waals surface area contributed by atoms with Crippen molar-refractivity contribution in [2.75, 3.05) is 13.7 Å². The molecule has 3 aliphatic rings. The van der Waals surface area contributed by atoms with Crippen molar-refractivity contribution in [3.05, 3.63) is 71.3 Å². The van der Waals surface area contributed by atoms with Crippen molar-refractivity contribution in [1.29, 1.82) is 0 Å². The topological polar surface area (TPSA) is 41.9 Å². The monoisotopic (exact) mass is 363 g/mol. The summed E-state index contributed by atoms with van der Waals surface area (Å²) >= 11 is 0. The van der Waals surface area contributed by atoms with Crippen LogP contribution in [0.4, 0.5) is 0 Å². The largest absolute Gasteiger partial charge is 0.493 e. The molecule has 2 aromatic carbocycles. The highest BCUT2D eigenvalue weighted by Crippen LogP contribution is 2.55. The lowest BCUT2D eigenvalue weighted by molar-refractivity contribution is 0.0806. The van der Waals surface area contributed by atoms with Gasteiger partial charge in [0.15, 0.2) is 11.5 Å². The van der Waals surface area contributed by atoms with Crippen molar-refractivity contribution in [3.63, 3.8) is 0 Å². The summed E-state index contributed by atoms with van der Waals surface area (Å²) in [6.07, 6.45) is 5.30. The zero-order valence-corrected chi connectivity index (χ0v) is 15.6. The molecule has 5 rings (SSSR count). The van der Waals surface area contributed by atoms with E-state index in [0.717, 1.165) is 37.6 Å². The molecule has 1 aliphatic carbocycles. The molecule has 0 saturated heterocycles. The smallest absolute Gasteiger partial charge is 0.166 e. The first-order valence-corrected chi connectivity index (χ1v) is 9.70. The molecule has 0 saturated carbocycles. The standard InChI is InChI=1S/C23H25NO3/c1-26-19-8-7-17-15-24(14-16-5-3-2-4-6-16)12-11-23-10-9-18(25)13-20(23)27-22(19)21(17)23/h2-10,18,20,25H,11-15H2,1H3/t18-,20-,23-/m0/s1. The van der Waals surface area contributed by atoms with Gasteiger partial charge in [0.05, 0.1) is 18.6 Å². The Balaban J connectivity index is 1.57. The molecular formula is C23H25NO3. The Morgan fingerprint density at radius 2 is 2.07 bits per heavy atom. The summed E-state index contributed by atoms with van der Waals surface area (Å²) in [5.74, 6) is 1.67. The van der Waals surface area contributed by atoms with E-state index in [1.807, 2.05) is 12.1 Å². The van der Waals surface area contributed by atoms with E-state index >= 15 is 0 Å². The van der Waals surface area contributed by atoms with Crippen molar-refractivity contribution >= 4 is 0 Å². The lowest BCUT2D eigenvalue weighted by Crippen LogP contribution is -2.43. The van der Waals surface area contributed by atoms with E-state index in [0.29, 0.717) is 6.42 Å². The van der Waals surface area contributed by atoms with Gasteiger partial charge in [-0.25, -0.2) is 0 Å². The number of hydrogen-bond donors (Lipinski definition) is 1. The molecule has 2 aromatic rings. The lowest BCUT2D eigenvalue weighted by atomic mass is 9.69. The minimum Gasteiger partial charge on any atom is -0.493 e. The second kappa shape index (κ2) is 6.39. The molecular weight excluding hydrogens is 338 g/mol. The van der Waals surface area contributed by atoms with Crippen LogP contribution in [-0.2, 0) is 18.5 Å². The lowest BCUT2D eigenvalue weighted by Gasteiger charge is -2.35. The summed E-state index contributed by atoms with van der Waals surface area (Å²) in [6, 6.07) is 14.9. The first-order chi connectivity index (χ1) is 13.2. The summed E-state index contributed by atoms with van der Waals surface area (Å²) < 4.78 is 12.0. The molecule has 0 radical (unpaired) electrons. The molecule has 2 heterocycles. The van der Waals surface area contributed by atoms with Crippen LogP contribution < -0.4 is 9.47 Å². The average molecular weight is 363 g/mol. The van der Waals surface area contributed by atoms with E-state index in [1.165, 1.54) is 16.7 Å². The van der Waals surface area contributed by atoms with Crippen molar-refractivity contribution in [2.24, 2.45) is 0 Å². The number of hydrogen-bond acceptors (Lipinski definition) is 4. The van der Waals surface area contributed by atoms with Gasteiger partial charge in [-0.2, -0.15) is 0 Å². The average Bonchev–Trinajstić information content (AvgIpc) is 2.93. The predicted octanol–water partition coefficient (Wildman–Crippen LogP) is 3.42. The normalized spacial score (nSPS) is 28.8. The molecule has 2 aliphatic heterocycles. The summed E-state index contributed by atoms with van der Waals surface area (Å²) in [5, 5.41) is 10.2. The van der Waals surface area contributed by atoms with Crippen LogP contribution in [0.1, 0.15) is 29.5 Å². The van der Waals surface area contributed by atoms with Crippen LogP contribution in [0.15, 0.2) is 54.6 Å². The second-order valence-corrected chi connectivity index (χ2v) is 7.89. The molecule has 0 fully saturated rings. The Labute approximate surface area is 160 Å². The maximum Gasteiger partial charge on any atom is 0.166 e. The first-order valence-electron chi connectivity index (χ1n) is 9.70. The fraction of sp³-hybridized carbons (Fsp3) is 0.391. The van der Waals surface area contributed by atoms with Gasteiger partial charge in [0.2, 0.25) is 0 Å². The third-order valence-corrected chi connectivity index (χ3v) is 6.28. The number of aliphatic hydroxyl groups is 1. The van der Waals surface area contributed by atoms with Gasteiger partial charge in [0.1, 0.15) is 6.10 Å². The van der Waals surface area contributed by atoms with Crippen molar-refractivity contribution < 1.29 is 14.6 Å². The number of benzene rings is 2. The molecule has 1 N–H and O–H groups in total. The zero-order valence-electron chi connectivity index (χ0n) is 15.6. The van der Waals surface area contributed by atoms with E-state index < -0.39 is 6.10 Å². The molecule has 3 atom stereocenters. The van der Waals surface area contributed by atoms with Gasteiger partial charge in [-0.1, -0.05) is 48.6 Å². The summed E-state index contributed by atoms with van der Waals surface area (Å²) in [7, 11) is 1.69. The van der Waals surface area contributed by atoms with Gasteiger partial charge in [-0.05, 0) is 23.6 Å². The van der Waals surface area contributed by atoms with Crippen LogP contribution in [-0.4, -0.2) is 35.9 Å². The molecule has 4 heteroatoms. The van der Waals surface area contributed by atoms with Crippen molar-refractivity contribution in [1.82, 2.24) is 4.90 Å². The minimum atomic E-state index is -0.437. The molecule has 4 nitrogen and oxygen atoms in total. The third-order valence-electron chi connectivity index (χ3n) is 6.28. The molecule has 0 bridgehead atoms. The summed E-state index contributed by atoms with van der Waals surface area (Å²) in [5.41, 5.74) is 3.75. The van der Waals surface area contributed by atoms with Crippen LogP contribution >= 0.6 is 0 Å². The number of methoxy groups -OCH3 is 1. The molecule has 1 spiro atoms. The van der Waals surface area contributed by atoms with E-state index in [4.69, 9.17) is 9.47 Å². The fourth-order valence-electron chi connectivity index (χ4n) is 4.97. The van der Waals surface area contributed by atoms with Gasteiger partial charge in [0, 0.05) is 31.6 Å². The highest BCUT2D eigenvalue weighted by molar-refractivity contribution is 5.61. The van der Waals surface area contributed by atoms with Crippen LogP contribution in [0, 0.1) is 0 Å². The zero-order chi connectivity index (χ0) is 18.4. The quantitative estimate of drug-likeness (QED) is 0.849. The van der Waals surface area contributed by atoms with Gasteiger partial charge in [0.25, 0.3) is 0 Å². The van der Waals surface area contributed by atoms with Crippen LogP contribution in [0.25, 0.3) is 0 Å². The van der Waals surface area contributed by atoms with E-state index in [2.05, 4.69) is 47.4 Å². The van der Waals surface area contributed by atoms with Gasteiger partial charge in [-0.3, -0.25) is 4.90 Å². The van der Waals surface area contributed by atoms with Crippen molar-refractivity contribution in [3.8, 4) is 11.5 Å². The van der Waals surface area contributed by atoms with Crippen LogP contribution in [0.5, 0.6) is 11.5 Å². The minimum absolute atomic E-state index is 0.0285. The predicted molar refractivity (Wildman–Crippen MR) is 104 cm³/mol. The Morgan fingerprint density at radius 1 is 1.22 bits per heavy atom. The van der Waals surface area contributed by atoms with Gasteiger partial charge < -0.3 is 14.6 Å². The van der Waals surface area contributed by atoms with Crippen molar-refractivity contribution in [2.45, 2.75) is 43.6 Å². The van der Waals surface area contributed by atoms with Gasteiger partial charge in [-0.15, -0.1) is 0 Å². The molecule has 27 heavy (non-hydrogen) atoms. The Kier molecular flexibility index (Phi) is 3.99. The number of aliphatic hydroxyl groups excluding tert-OH is 1. The molecule has 0 amide bonds. The van der Waals surface area contributed by atoms with Crippen LogP contribution in [0.3, 0.4) is 0 Å². The van der Waals surface area contributed by atoms with E-state index in [1.54, 1.807) is 7.11 Å². The summed E-state index contributed by atoms with van der Waals surface area (Å²) in [4.78, 5) is 2.51. The number of nitrogens with zero attached hydrogens (tertiary/aromatic N) is 1. The number of ether oxygens (including phenoxy) is 2. The molecule has 0 unspecified atom stereocenters. The third kappa shape index (κ3) is 2.67.